The van der Waals surface area contributed by atoms with Crippen LogP contribution in [0.5, 0.6) is 0 Å². The van der Waals surface area contributed by atoms with Gasteiger partial charge in [0, 0.05) is 31.0 Å². The first kappa shape index (κ1) is 15.5. The Morgan fingerprint density at radius 1 is 1.35 bits per heavy atom. The van der Waals surface area contributed by atoms with E-state index in [1.54, 1.807) is 0 Å². The monoisotopic (exact) mass is 275 g/mol. The molecule has 0 aromatic carbocycles. The number of aromatic nitrogens is 1. The highest BCUT2D eigenvalue weighted by atomic mass is 15.2. The highest BCUT2D eigenvalue weighted by Gasteiger charge is 2.35. The van der Waals surface area contributed by atoms with E-state index in [2.05, 4.69) is 55.3 Å². The van der Waals surface area contributed by atoms with Crippen LogP contribution in [0.25, 0.3) is 0 Å². The fourth-order valence-corrected chi connectivity index (χ4v) is 3.37. The van der Waals surface area contributed by atoms with Crippen molar-refractivity contribution < 1.29 is 0 Å². The fourth-order valence-electron chi connectivity index (χ4n) is 3.37. The molecule has 1 aromatic rings. The summed E-state index contributed by atoms with van der Waals surface area (Å²) in [6.07, 6.45) is 8.77. The van der Waals surface area contributed by atoms with E-state index in [0.717, 1.165) is 13.0 Å². The SMILES string of the molecule is CNC1CCC(C)(C)CC1N(C)CCc1ccncc1. The van der Waals surface area contributed by atoms with Crippen LogP contribution >= 0.6 is 0 Å². The molecule has 0 bridgehead atoms. The number of nitrogens with one attached hydrogen (secondary N) is 1. The Balaban J connectivity index is 1.93. The lowest BCUT2D eigenvalue weighted by molar-refractivity contribution is 0.0856. The predicted molar refractivity (Wildman–Crippen MR) is 84.8 cm³/mol. The van der Waals surface area contributed by atoms with E-state index in [4.69, 9.17) is 0 Å². The summed E-state index contributed by atoms with van der Waals surface area (Å²) in [7, 11) is 4.38. The summed E-state index contributed by atoms with van der Waals surface area (Å²) in [6, 6.07) is 5.51. The van der Waals surface area contributed by atoms with Gasteiger partial charge < -0.3 is 10.2 Å². The van der Waals surface area contributed by atoms with Gasteiger partial charge in [0.2, 0.25) is 0 Å². The van der Waals surface area contributed by atoms with Crippen molar-refractivity contribution in [3.63, 3.8) is 0 Å². The molecule has 0 amide bonds. The summed E-state index contributed by atoms with van der Waals surface area (Å²) in [5, 5.41) is 3.52. The maximum atomic E-state index is 4.08. The molecule has 1 heterocycles. The third-order valence-corrected chi connectivity index (χ3v) is 4.80. The van der Waals surface area contributed by atoms with E-state index in [-0.39, 0.29) is 0 Å². The van der Waals surface area contributed by atoms with E-state index >= 15 is 0 Å². The Morgan fingerprint density at radius 2 is 2.05 bits per heavy atom. The quantitative estimate of drug-likeness (QED) is 0.895. The van der Waals surface area contributed by atoms with Gasteiger partial charge in [0.1, 0.15) is 0 Å². The molecule has 1 saturated carbocycles. The molecular weight excluding hydrogens is 246 g/mol. The minimum atomic E-state index is 0.475. The molecule has 1 aliphatic rings. The van der Waals surface area contributed by atoms with Gasteiger partial charge in [-0.1, -0.05) is 13.8 Å². The molecule has 20 heavy (non-hydrogen) atoms. The molecule has 112 valence electrons. The number of pyridine rings is 1. The maximum absolute atomic E-state index is 4.08. The molecule has 1 N–H and O–H groups in total. The van der Waals surface area contributed by atoms with Crippen molar-refractivity contribution >= 4 is 0 Å². The highest BCUT2D eigenvalue weighted by Crippen LogP contribution is 2.37. The van der Waals surface area contributed by atoms with Crippen molar-refractivity contribution in [1.82, 2.24) is 15.2 Å². The van der Waals surface area contributed by atoms with Crippen molar-refractivity contribution in [2.24, 2.45) is 5.41 Å². The smallest absolute Gasteiger partial charge is 0.0270 e. The average molecular weight is 275 g/mol. The fraction of sp³-hybridized carbons (Fsp3) is 0.706. The first-order chi connectivity index (χ1) is 9.52. The molecule has 3 nitrogen and oxygen atoms in total. The van der Waals surface area contributed by atoms with Crippen LogP contribution in [0.4, 0.5) is 0 Å². The zero-order chi connectivity index (χ0) is 14.6. The number of likely N-dealkylation sites (N-methyl/N-ethyl adjacent to an activating group) is 2. The zero-order valence-corrected chi connectivity index (χ0v) is 13.4. The summed E-state index contributed by atoms with van der Waals surface area (Å²) in [4.78, 5) is 6.63. The Hall–Kier alpha value is -0.930. The summed E-state index contributed by atoms with van der Waals surface area (Å²) in [5.41, 5.74) is 1.85. The zero-order valence-electron chi connectivity index (χ0n) is 13.4. The normalized spacial score (nSPS) is 25.9. The molecule has 0 spiro atoms. The van der Waals surface area contributed by atoms with Crippen molar-refractivity contribution in [1.29, 1.82) is 0 Å². The topological polar surface area (TPSA) is 28.2 Å². The second-order valence-corrected chi connectivity index (χ2v) is 6.96. The Labute approximate surface area is 123 Å². The third-order valence-electron chi connectivity index (χ3n) is 4.80. The second-order valence-electron chi connectivity index (χ2n) is 6.96. The van der Waals surface area contributed by atoms with Crippen molar-refractivity contribution in [2.45, 2.75) is 51.6 Å². The van der Waals surface area contributed by atoms with Gasteiger partial charge in [-0.05, 0) is 62.9 Å². The molecule has 1 fully saturated rings. The average Bonchev–Trinajstić information content (AvgIpc) is 2.45. The van der Waals surface area contributed by atoms with Crippen LogP contribution in [0.15, 0.2) is 24.5 Å². The van der Waals surface area contributed by atoms with Crippen LogP contribution in [0.2, 0.25) is 0 Å². The van der Waals surface area contributed by atoms with Crippen LogP contribution in [0.3, 0.4) is 0 Å². The van der Waals surface area contributed by atoms with E-state index < -0.39 is 0 Å². The van der Waals surface area contributed by atoms with Crippen LogP contribution in [0.1, 0.15) is 38.7 Å². The van der Waals surface area contributed by atoms with Crippen LogP contribution in [0, 0.1) is 5.41 Å². The van der Waals surface area contributed by atoms with Crippen LogP contribution in [-0.2, 0) is 6.42 Å². The summed E-state index contributed by atoms with van der Waals surface area (Å²) < 4.78 is 0. The van der Waals surface area contributed by atoms with E-state index in [1.807, 2.05) is 12.4 Å². The van der Waals surface area contributed by atoms with Gasteiger partial charge in [0.05, 0.1) is 0 Å². The van der Waals surface area contributed by atoms with Crippen LogP contribution < -0.4 is 5.32 Å². The van der Waals surface area contributed by atoms with E-state index in [9.17, 15) is 0 Å². The molecule has 3 heteroatoms. The van der Waals surface area contributed by atoms with Gasteiger partial charge >= 0.3 is 0 Å². The molecule has 0 radical (unpaired) electrons. The van der Waals surface area contributed by atoms with Crippen molar-refractivity contribution in [3.8, 4) is 0 Å². The Kier molecular flexibility index (Phi) is 5.17. The van der Waals surface area contributed by atoms with Gasteiger partial charge in [0.15, 0.2) is 0 Å². The Bertz CT molecular complexity index is 402. The summed E-state index contributed by atoms with van der Waals surface area (Å²) in [5.74, 6) is 0. The van der Waals surface area contributed by atoms with Gasteiger partial charge in [-0.25, -0.2) is 0 Å². The predicted octanol–water partition coefficient (Wildman–Crippen LogP) is 2.72. The van der Waals surface area contributed by atoms with Gasteiger partial charge in [-0.15, -0.1) is 0 Å². The number of hydrogen-bond acceptors (Lipinski definition) is 3. The lowest BCUT2D eigenvalue weighted by Gasteiger charge is -2.45. The van der Waals surface area contributed by atoms with Crippen molar-refractivity contribution in [2.75, 3.05) is 20.6 Å². The minimum Gasteiger partial charge on any atom is -0.315 e. The van der Waals surface area contributed by atoms with E-state index in [0.29, 0.717) is 17.5 Å². The van der Waals surface area contributed by atoms with Crippen LogP contribution in [-0.4, -0.2) is 42.6 Å². The number of rotatable bonds is 5. The first-order valence-electron chi connectivity index (χ1n) is 7.78. The van der Waals surface area contributed by atoms with Gasteiger partial charge in [-0.2, -0.15) is 0 Å². The van der Waals surface area contributed by atoms with Gasteiger partial charge in [-0.3, -0.25) is 4.98 Å². The molecule has 0 aliphatic heterocycles. The molecule has 2 unspecified atom stereocenters. The number of nitrogens with zero attached hydrogens (tertiary/aromatic N) is 2. The third kappa shape index (κ3) is 4.03. The molecule has 1 aromatic heterocycles. The second kappa shape index (κ2) is 6.68. The van der Waals surface area contributed by atoms with Gasteiger partial charge in [0.25, 0.3) is 0 Å². The molecule has 2 atom stereocenters. The first-order valence-corrected chi connectivity index (χ1v) is 7.78. The Morgan fingerprint density at radius 3 is 2.70 bits per heavy atom. The molecule has 2 rings (SSSR count). The molecular formula is C17H29N3. The highest BCUT2D eigenvalue weighted by molar-refractivity contribution is 5.10. The molecule has 1 aliphatic carbocycles. The van der Waals surface area contributed by atoms with Crippen molar-refractivity contribution in [3.05, 3.63) is 30.1 Å². The number of hydrogen-bond donors (Lipinski definition) is 1. The molecule has 0 saturated heterocycles. The summed E-state index contributed by atoms with van der Waals surface area (Å²) >= 11 is 0. The maximum Gasteiger partial charge on any atom is 0.0270 e. The lowest BCUT2D eigenvalue weighted by Crippen LogP contribution is -2.53. The lowest BCUT2D eigenvalue weighted by atomic mass is 9.72. The summed E-state index contributed by atoms with van der Waals surface area (Å²) in [6.45, 7) is 5.92. The minimum absolute atomic E-state index is 0.475. The standard InChI is InChI=1S/C17H29N3/c1-17(2)9-5-15(18-3)16(13-17)20(4)12-8-14-6-10-19-11-7-14/h6-7,10-11,15-16,18H,5,8-9,12-13H2,1-4H3. The largest absolute Gasteiger partial charge is 0.315 e. The van der Waals surface area contributed by atoms with E-state index in [1.165, 1.54) is 24.8 Å².